The van der Waals surface area contributed by atoms with Crippen LogP contribution < -0.4 is 0 Å². The Balaban J connectivity index is 2.90. The van der Waals surface area contributed by atoms with E-state index in [9.17, 15) is 4.79 Å². The van der Waals surface area contributed by atoms with E-state index in [0.717, 1.165) is 5.56 Å². The van der Waals surface area contributed by atoms with E-state index in [-0.39, 0.29) is 3.91 Å². The number of hydrogen-bond acceptors (Lipinski definition) is 1. The Morgan fingerprint density at radius 1 is 1.36 bits per heavy atom. The van der Waals surface area contributed by atoms with Gasteiger partial charge in [-0.05, 0) is 12.5 Å². The quantitative estimate of drug-likeness (QED) is 0.702. The van der Waals surface area contributed by atoms with Gasteiger partial charge in [-0.25, -0.2) is 0 Å². The highest BCUT2D eigenvalue weighted by Gasteiger charge is 2.05. The van der Waals surface area contributed by atoms with Crippen LogP contribution in [0.15, 0.2) is 24.3 Å². The number of benzene rings is 1. The first-order valence-corrected chi connectivity index (χ1v) is 8.00. The molecule has 0 atom stereocenters. The number of carbonyl (C=O) groups excluding carboxylic acids is 1. The standard InChI is InChI=1S/C8H7O.BrH.Mg/c1-7-2-4-8(6-9)5-3-7;;/h2-5H,1H3;1H;/q;;+1/p-1. The van der Waals surface area contributed by atoms with E-state index < -0.39 is 18.2 Å². The van der Waals surface area contributed by atoms with Crippen LogP contribution in [0.25, 0.3) is 0 Å². The number of aryl methyl sites for hydroxylation is 1. The fraction of sp³-hybridized carbons (Fsp3) is 0.125. The molecule has 0 saturated heterocycles. The molecule has 1 aromatic carbocycles. The van der Waals surface area contributed by atoms with Gasteiger partial charge in [0, 0.05) is 3.91 Å². The van der Waals surface area contributed by atoms with Crippen molar-refractivity contribution < 1.29 is 4.79 Å². The summed E-state index contributed by atoms with van der Waals surface area (Å²) in [6, 6.07) is 7.69. The lowest BCUT2D eigenvalue weighted by atomic mass is 10.2. The summed E-state index contributed by atoms with van der Waals surface area (Å²) in [5, 5.41) is 0. The molecule has 11 heavy (non-hydrogen) atoms. The summed E-state index contributed by atoms with van der Waals surface area (Å²) in [6.07, 6.45) is 0. The van der Waals surface area contributed by atoms with Crippen molar-refractivity contribution in [3.63, 3.8) is 0 Å². The average molecular weight is 223 g/mol. The van der Waals surface area contributed by atoms with Gasteiger partial charge in [-0.1, -0.05) is 29.8 Å². The summed E-state index contributed by atoms with van der Waals surface area (Å²) in [4.78, 5) is 11.1. The molecule has 0 N–H and O–H groups in total. The van der Waals surface area contributed by atoms with Crippen LogP contribution in [-0.4, -0.2) is 22.1 Å². The smallest absolute Gasteiger partial charge is 0.329 e. The zero-order valence-electron chi connectivity index (χ0n) is 6.30. The minimum Gasteiger partial charge on any atom is -0.329 e. The van der Waals surface area contributed by atoms with Crippen molar-refractivity contribution in [3.05, 3.63) is 35.4 Å². The molecule has 0 bridgehead atoms. The second kappa shape index (κ2) is 4.23. The molecule has 0 fully saturated rings. The van der Waals surface area contributed by atoms with Crippen LogP contribution >= 0.6 is 12.9 Å². The lowest BCUT2D eigenvalue weighted by Crippen LogP contribution is -2.02. The summed E-state index contributed by atoms with van der Waals surface area (Å²) in [7, 11) is 0. The molecule has 0 aliphatic heterocycles. The third kappa shape index (κ3) is 2.58. The Morgan fingerprint density at radius 3 is 2.36 bits per heavy atom. The summed E-state index contributed by atoms with van der Waals surface area (Å²) < 4.78 is 0.269. The van der Waals surface area contributed by atoms with Crippen LogP contribution in [0.2, 0.25) is 0 Å². The van der Waals surface area contributed by atoms with E-state index in [4.69, 9.17) is 0 Å². The summed E-state index contributed by atoms with van der Waals surface area (Å²) in [5.41, 5.74) is 2.02. The van der Waals surface area contributed by atoms with Crippen molar-refractivity contribution in [1.29, 1.82) is 0 Å². The molecule has 0 heterocycles. The molecule has 0 amide bonds. The Bertz CT molecular complexity index is 255. The van der Waals surface area contributed by atoms with Gasteiger partial charge in [-0.15, -0.1) is 0 Å². The lowest BCUT2D eigenvalue weighted by Gasteiger charge is -1.96. The third-order valence-corrected chi connectivity index (χ3v) is 3.67. The second-order valence-electron chi connectivity index (χ2n) is 2.42. The van der Waals surface area contributed by atoms with E-state index in [2.05, 4.69) is 12.9 Å². The maximum Gasteiger partial charge on any atom is 0.571 e. The topological polar surface area (TPSA) is 17.1 Å². The summed E-state index contributed by atoms with van der Waals surface area (Å²) in [5.74, 6) is 0. The molecule has 0 saturated carbocycles. The van der Waals surface area contributed by atoms with Crippen LogP contribution in [0.5, 0.6) is 0 Å². The maximum atomic E-state index is 11.1. The zero-order chi connectivity index (χ0) is 8.27. The minimum absolute atomic E-state index is 0.269. The zero-order valence-corrected chi connectivity index (χ0v) is 9.30. The summed E-state index contributed by atoms with van der Waals surface area (Å²) in [6.45, 7) is 2.01. The van der Waals surface area contributed by atoms with Crippen molar-refractivity contribution in [1.82, 2.24) is 0 Å². The molecule has 0 radical (unpaired) electrons. The van der Waals surface area contributed by atoms with Gasteiger partial charge in [0.15, 0.2) is 0 Å². The number of rotatable bonds is 2. The summed E-state index contributed by atoms with van der Waals surface area (Å²) >= 11 is 2.56. The molecule has 0 spiro atoms. The van der Waals surface area contributed by atoms with Gasteiger partial charge in [0.1, 0.15) is 0 Å². The van der Waals surface area contributed by atoms with Crippen LogP contribution in [0.1, 0.15) is 15.9 Å². The average Bonchev–Trinajstić information content (AvgIpc) is 2.05. The monoisotopic (exact) mass is 222 g/mol. The van der Waals surface area contributed by atoms with E-state index in [0.29, 0.717) is 0 Å². The normalized spacial score (nSPS) is 8.91. The molecule has 3 heteroatoms. The first-order chi connectivity index (χ1) is 5.24. The highest BCUT2D eigenvalue weighted by molar-refractivity contribution is 9.24. The van der Waals surface area contributed by atoms with Crippen molar-refractivity contribution in [2.75, 3.05) is 0 Å². The lowest BCUT2D eigenvalue weighted by molar-refractivity contribution is 0.107. The fourth-order valence-electron chi connectivity index (χ4n) is 0.817. The largest absolute Gasteiger partial charge is 0.571 e. The van der Waals surface area contributed by atoms with Crippen LogP contribution in [0.3, 0.4) is 0 Å². The minimum atomic E-state index is -0.699. The van der Waals surface area contributed by atoms with Gasteiger partial charge < -0.3 is 4.79 Å². The first-order valence-electron chi connectivity index (χ1n) is 3.40. The van der Waals surface area contributed by atoms with Gasteiger partial charge in [-0.3, -0.25) is 12.9 Å². The van der Waals surface area contributed by atoms with Gasteiger partial charge >= 0.3 is 18.2 Å². The van der Waals surface area contributed by atoms with Crippen molar-refractivity contribution in [2.24, 2.45) is 0 Å². The predicted octanol–water partition coefficient (Wildman–Crippen LogP) is 2.15. The van der Waals surface area contributed by atoms with E-state index in [1.54, 1.807) is 0 Å². The van der Waals surface area contributed by atoms with Crippen LogP contribution in [0.4, 0.5) is 0 Å². The van der Waals surface area contributed by atoms with Crippen molar-refractivity contribution in [2.45, 2.75) is 6.92 Å². The molecule has 1 rings (SSSR count). The molecule has 0 aromatic heterocycles. The highest BCUT2D eigenvalue weighted by atomic mass is 79.9. The predicted molar refractivity (Wildman–Crippen MR) is 50.2 cm³/mol. The highest BCUT2D eigenvalue weighted by Crippen LogP contribution is 2.03. The number of halogens is 1. The van der Waals surface area contributed by atoms with E-state index >= 15 is 0 Å². The SMILES string of the molecule is Cc1ccc([C](=O)[Mg][Br])cc1. The molecule has 0 aliphatic carbocycles. The molecular weight excluding hydrogens is 216 g/mol. The van der Waals surface area contributed by atoms with E-state index in [1.165, 1.54) is 5.56 Å². The molecule has 54 valence electrons. The van der Waals surface area contributed by atoms with Gasteiger partial charge in [0.25, 0.3) is 0 Å². The Hall–Kier alpha value is 0.136. The van der Waals surface area contributed by atoms with E-state index in [1.807, 2.05) is 31.2 Å². The van der Waals surface area contributed by atoms with Crippen molar-refractivity contribution >= 4 is 35.0 Å². The molecular formula is C8H7BrMgO. The fourth-order valence-corrected chi connectivity index (χ4v) is 2.18. The van der Waals surface area contributed by atoms with Gasteiger partial charge in [0.2, 0.25) is 0 Å². The molecule has 0 unspecified atom stereocenters. The number of hydrogen-bond donors (Lipinski definition) is 0. The maximum absolute atomic E-state index is 11.1. The second-order valence-corrected chi connectivity index (χ2v) is 5.01. The van der Waals surface area contributed by atoms with Crippen LogP contribution in [0, 0.1) is 6.92 Å². The molecule has 1 nitrogen and oxygen atoms in total. The first kappa shape index (κ1) is 9.23. The Kier molecular flexibility index (Phi) is 3.55. The van der Waals surface area contributed by atoms with Gasteiger partial charge in [-0.2, -0.15) is 0 Å². The Labute approximate surface area is 81.8 Å². The Morgan fingerprint density at radius 2 is 1.91 bits per heavy atom. The third-order valence-electron chi connectivity index (χ3n) is 1.49. The molecule has 0 aliphatic rings. The van der Waals surface area contributed by atoms with Crippen LogP contribution in [-0.2, 0) is 0 Å². The molecule has 1 aromatic rings. The van der Waals surface area contributed by atoms with Gasteiger partial charge in [0.05, 0.1) is 0 Å². The number of carbonyl (C=O) groups is 1. The van der Waals surface area contributed by atoms with Crippen molar-refractivity contribution in [3.8, 4) is 0 Å².